The van der Waals surface area contributed by atoms with Crippen LogP contribution in [0.5, 0.6) is 0 Å². The van der Waals surface area contributed by atoms with Crippen molar-refractivity contribution < 1.29 is 19.0 Å². The van der Waals surface area contributed by atoms with E-state index in [9.17, 15) is 14.3 Å². The van der Waals surface area contributed by atoms with Crippen molar-refractivity contribution in [2.45, 2.75) is 38.7 Å². The van der Waals surface area contributed by atoms with Gasteiger partial charge in [0.2, 0.25) is 0 Å². The fraction of sp³-hybridized carbons (Fsp3) is 0.385. The first-order valence-corrected chi connectivity index (χ1v) is 11.4. The molecular weight excluding hydrogens is 421 g/mol. The van der Waals surface area contributed by atoms with Crippen molar-refractivity contribution in [2.75, 3.05) is 29.9 Å². The minimum atomic E-state index is -0.667. The fourth-order valence-electron chi connectivity index (χ4n) is 5.03. The molecule has 0 spiro atoms. The van der Waals surface area contributed by atoms with E-state index in [2.05, 4.69) is 10.2 Å². The molecular formula is C26H28FN3O3. The monoisotopic (exact) mass is 449 g/mol. The van der Waals surface area contributed by atoms with Gasteiger partial charge in [-0.05, 0) is 75.4 Å². The Morgan fingerprint density at radius 2 is 2.15 bits per heavy atom. The van der Waals surface area contributed by atoms with Gasteiger partial charge >= 0.3 is 0 Å². The normalized spacial score (nSPS) is 23.8. The van der Waals surface area contributed by atoms with E-state index in [0.717, 1.165) is 49.3 Å². The van der Waals surface area contributed by atoms with Crippen LogP contribution in [-0.4, -0.2) is 41.3 Å². The molecule has 3 aliphatic heterocycles. The Labute approximate surface area is 192 Å². The number of amides is 1. The van der Waals surface area contributed by atoms with Gasteiger partial charge in [0.05, 0.1) is 5.57 Å². The summed E-state index contributed by atoms with van der Waals surface area (Å²) in [5, 5.41) is 12.1. The summed E-state index contributed by atoms with van der Waals surface area (Å²) >= 11 is 0. The maximum Gasteiger partial charge on any atom is 0.260 e. The average Bonchev–Trinajstić information content (AvgIpc) is 3.28. The summed E-state index contributed by atoms with van der Waals surface area (Å²) in [6.07, 6.45) is 6.78. The first-order valence-electron chi connectivity index (χ1n) is 11.4. The highest BCUT2D eigenvalue weighted by atomic mass is 19.1. The number of aliphatic hydroxyl groups excluding tert-OH is 1. The van der Waals surface area contributed by atoms with E-state index in [1.807, 2.05) is 38.3 Å². The van der Waals surface area contributed by atoms with Crippen LogP contribution in [0.4, 0.5) is 15.9 Å². The molecule has 1 saturated heterocycles. The highest BCUT2D eigenvalue weighted by molar-refractivity contribution is 6.32. The molecule has 1 amide bonds. The fourth-order valence-corrected chi connectivity index (χ4v) is 5.03. The Balaban J connectivity index is 1.45. The van der Waals surface area contributed by atoms with Crippen LogP contribution >= 0.6 is 0 Å². The van der Waals surface area contributed by atoms with Crippen molar-refractivity contribution in [3.63, 3.8) is 0 Å². The molecule has 2 N–H and O–H groups in total. The highest BCUT2D eigenvalue weighted by Gasteiger charge is 2.38. The van der Waals surface area contributed by atoms with Gasteiger partial charge < -0.3 is 20.1 Å². The SMILES string of the molecule is CC1(C)O/C(=C2/C(=O)Nc3ccc(F)cc32)C=C1c1ccc(N2CCCC(CCO)C2)nc1. The number of hydrogen-bond acceptors (Lipinski definition) is 5. The summed E-state index contributed by atoms with van der Waals surface area (Å²) in [5.74, 6) is 1.16. The van der Waals surface area contributed by atoms with Gasteiger partial charge in [-0.2, -0.15) is 0 Å². The lowest BCUT2D eigenvalue weighted by atomic mass is 9.93. The molecule has 1 fully saturated rings. The molecule has 0 saturated carbocycles. The summed E-state index contributed by atoms with van der Waals surface area (Å²) in [4.78, 5) is 19.6. The van der Waals surface area contributed by atoms with Crippen LogP contribution < -0.4 is 10.2 Å². The lowest BCUT2D eigenvalue weighted by molar-refractivity contribution is -0.111. The van der Waals surface area contributed by atoms with E-state index in [4.69, 9.17) is 9.72 Å². The number of aromatic nitrogens is 1. The van der Waals surface area contributed by atoms with Crippen molar-refractivity contribution in [1.29, 1.82) is 0 Å². The second-order valence-electron chi connectivity index (χ2n) is 9.43. The molecule has 3 aliphatic rings. The summed E-state index contributed by atoms with van der Waals surface area (Å²) < 4.78 is 20.1. The van der Waals surface area contributed by atoms with Crippen LogP contribution in [0.2, 0.25) is 0 Å². The summed E-state index contributed by atoms with van der Waals surface area (Å²) in [6, 6.07) is 8.30. The van der Waals surface area contributed by atoms with Crippen molar-refractivity contribution in [3.05, 3.63) is 65.3 Å². The van der Waals surface area contributed by atoms with E-state index in [1.54, 1.807) is 6.07 Å². The number of allylic oxidation sites excluding steroid dienone is 1. The molecule has 1 unspecified atom stereocenters. The number of ether oxygens (including phenoxy) is 1. The topological polar surface area (TPSA) is 74.7 Å². The third-order valence-electron chi connectivity index (χ3n) is 6.70. The number of hydrogen-bond donors (Lipinski definition) is 2. The van der Waals surface area contributed by atoms with Gasteiger partial charge in [-0.25, -0.2) is 9.37 Å². The Bertz CT molecular complexity index is 1150. The van der Waals surface area contributed by atoms with Gasteiger partial charge in [-0.3, -0.25) is 4.79 Å². The van der Waals surface area contributed by atoms with Crippen molar-refractivity contribution >= 4 is 28.6 Å². The van der Waals surface area contributed by atoms with Crippen molar-refractivity contribution in [2.24, 2.45) is 5.92 Å². The molecule has 6 nitrogen and oxygen atoms in total. The second kappa shape index (κ2) is 8.30. The van der Waals surface area contributed by atoms with E-state index < -0.39 is 11.4 Å². The standard InChI is InChI=1S/C26H28FN3O3/c1-26(2)20(13-22(33-26)24-19-12-18(27)6-7-21(19)29-25(24)32)17-5-8-23(28-14-17)30-10-3-4-16(15-30)9-11-31/h5-8,12-14,16,31H,3-4,9-11,15H2,1-2H3,(H,29,32)/b24-22+. The highest BCUT2D eigenvalue weighted by Crippen LogP contribution is 2.44. The zero-order valence-corrected chi connectivity index (χ0v) is 18.9. The van der Waals surface area contributed by atoms with Crippen LogP contribution in [0.15, 0.2) is 48.4 Å². The third kappa shape index (κ3) is 4.02. The second-order valence-corrected chi connectivity index (χ2v) is 9.43. The Morgan fingerprint density at radius 1 is 1.30 bits per heavy atom. The maximum atomic E-state index is 13.9. The number of anilines is 2. The number of rotatable bonds is 4. The number of aliphatic hydroxyl groups is 1. The predicted molar refractivity (Wildman–Crippen MR) is 126 cm³/mol. The van der Waals surface area contributed by atoms with Gasteiger partial charge in [-0.1, -0.05) is 0 Å². The lowest BCUT2D eigenvalue weighted by Gasteiger charge is -2.33. The average molecular weight is 450 g/mol. The molecule has 0 bridgehead atoms. The molecule has 33 heavy (non-hydrogen) atoms. The minimum absolute atomic E-state index is 0.223. The van der Waals surface area contributed by atoms with E-state index in [1.165, 1.54) is 12.1 Å². The molecule has 4 heterocycles. The number of piperidine rings is 1. The Kier molecular flexibility index (Phi) is 5.44. The smallest absolute Gasteiger partial charge is 0.260 e. The number of halogens is 1. The number of carbonyl (C=O) groups is 1. The largest absolute Gasteiger partial charge is 0.482 e. The predicted octanol–water partition coefficient (Wildman–Crippen LogP) is 4.38. The molecule has 0 aliphatic carbocycles. The van der Waals surface area contributed by atoms with Crippen molar-refractivity contribution in [1.82, 2.24) is 4.98 Å². The quantitative estimate of drug-likeness (QED) is 0.678. The van der Waals surface area contributed by atoms with E-state index in [-0.39, 0.29) is 12.5 Å². The van der Waals surface area contributed by atoms with Gasteiger partial charge in [0.1, 0.15) is 23.0 Å². The summed E-state index contributed by atoms with van der Waals surface area (Å²) in [7, 11) is 0. The van der Waals surface area contributed by atoms with Crippen LogP contribution in [0, 0.1) is 11.7 Å². The zero-order chi connectivity index (χ0) is 23.2. The maximum absolute atomic E-state index is 13.9. The number of nitrogens with zero attached hydrogens (tertiary/aromatic N) is 2. The van der Waals surface area contributed by atoms with Gasteiger partial charge in [0.25, 0.3) is 5.91 Å². The molecule has 1 aromatic carbocycles. The lowest BCUT2D eigenvalue weighted by Crippen LogP contribution is -2.36. The first kappa shape index (κ1) is 21.6. The van der Waals surface area contributed by atoms with Crippen LogP contribution in [0.3, 0.4) is 0 Å². The molecule has 2 aromatic rings. The molecule has 7 heteroatoms. The first-order chi connectivity index (χ1) is 15.9. The zero-order valence-electron chi connectivity index (χ0n) is 18.9. The summed E-state index contributed by atoms with van der Waals surface area (Å²) in [6.45, 7) is 5.99. The number of fused-ring (bicyclic) bond motifs is 1. The van der Waals surface area contributed by atoms with Crippen LogP contribution in [-0.2, 0) is 9.53 Å². The van der Waals surface area contributed by atoms with Gasteiger partial charge in [0.15, 0.2) is 0 Å². The molecule has 1 atom stereocenters. The van der Waals surface area contributed by atoms with Crippen molar-refractivity contribution in [3.8, 4) is 0 Å². The van der Waals surface area contributed by atoms with Crippen LogP contribution in [0.1, 0.15) is 44.2 Å². The number of benzene rings is 1. The minimum Gasteiger partial charge on any atom is -0.482 e. The number of carbonyl (C=O) groups excluding carboxylic acids is 1. The Morgan fingerprint density at radius 3 is 2.91 bits per heavy atom. The Hall–Kier alpha value is -3.19. The number of pyridine rings is 1. The molecule has 1 aromatic heterocycles. The molecule has 5 rings (SSSR count). The van der Waals surface area contributed by atoms with E-state index >= 15 is 0 Å². The third-order valence-corrected chi connectivity index (χ3v) is 6.70. The summed E-state index contributed by atoms with van der Waals surface area (Å²) in [5.41, 5.74) is 2.61. The van der Waals surface area contributed by atoms with Crippen LogP contribution in [0.25, 0.3) is 11.1 Å². The molecule has 172 valence electrons. The van der Waals surface area contributed by atoms with Gasteiger partial charge in [0, 0.05) is 48.3 Å². The van der Waals surface area contributed by atoms with E-state index in [0.29, 0.717) is 28.5 Å². The van der Waals surface area contributed by atoms with Gasteiger partial charge in [-0.15, -0.1) is 0 Å². The number of nitrogens with one attached hydrogen (secondary N) is 1. The molecule has 0 radical (unpaired) electrons.